The quantitative estimate of drug-likeness (QED) is 0.850. The van der Waals surface area contributed by atoms with Gasteiger partial charge in [-0.1, -0.05) is 39.0 Å². The standard InChI is InChI=1S/C13H22N4O2/c1-10(7-13(18)19)9-17-12(14-15-16-17)8-11-5-3-2-4-6-11/h10-11H,2-9H2,1H3,(H,18,19). The second-order valence-electron chi connectivity index (χ2n) is 5.69. The predicted octanol–water partition coefficient (Wildman–Crippen LogP) is 1.91. The maximum Gasteiger partial charge on any atom is 0.303 e. The minimum absolute atomic E-state index is 0.0473. The fraction of sp³-hybridized carbons (Fsp3) is 0.846. The highest BCUT2D eigenvalue weighted by Crippen LogP contribution is 2.26. The lowest BCUT2D eigenvalue weighted by molar-refractivity contribution is -0.138. The molecule has 1 atom stereocenters. The lowest BCUT2D eigenvalue weighted by atomic mass is 9.87. The van der Waals surface area contributed by atoms with Crippen LogP contribution in [0.4, 0.5) is 0 Å². The van der Waals surface area contributed by atoms with Crippen LogP contribution in [0.3, 0.4) is 0 Å². The molecule has 106 valence electrons. The largest absolute Gasteiger partial charge is 0.481 e. The summed E-state index contributed by atoms with van der Waals surface area (Å²) in [6.07, 6.45) is 7.56. The van der Waals surface area contributed by atoms with Crippen molar-refractivity contribution in [3.05, 3.63) is 5.82 Å². The SMILES string of the molecule is CC(CC(=O)O)Cn1nnnc1CC1CCCCC1. The topological polar surface area (TPSA) is 80.9 Å². The second kappa shape index (κ2) is 6.63. The molecule has 0 aromatic carbocycles. The van der Waals surface area contributed by atoms with E-state index in [1.807, 2.05) is 6.92 Å². The van der Waals surface area contributed by atoms with Crippen LogP contribution in [0.25, 0.3) is 0 Å². The molecule has 1 N–H and O–H groups in total. The van der Waals surface area contributed by atoms with Gasteiger partial charge >= 0.3 is 5.97 Å². The molecule has 0 amide bonds. The van der Waals surface area contributed by atoms with Gasteiger partial charge in [0.2, 0.25) is 0 Å². The van der Waals surface area contributed by atoms with Crippen LogP contribution in [-0.2, 0) is 17.8 Å². The molecule has 0 saturated heterocycles. The maximum absolute atomic E-state index is 10.7. The first-order valence-electron chi connectivity index (χ1n) is 7.12. The van der Waals surface area contributed by atoms with Gasteiger partial charge in [-0.25, -0.2) is 4.68 Å². The molecule has 1 aliphatic carbocycles. The van der Waals surface area contributed by atoms with E-state index in [4.69, 9.17) is 5.11 Å². The maximum atomic E-state index is 10.7. The van der Waals surface area contributed by atoms with Crippen molar-refractivity contribution in [1.29, 1.82) is 0 Å². The summed E-state index contributed by atoms with van der Waals surface area (Å²) in [6.45, 7) is 2.50. The van der Waals surface area contributed by atoms with Gasteiger partial charge in [0.1, 0.15) is 0 Å². The van der Waals surface area contributed by atoms with E-state index in [9.17, 15) is 4.79 Å². The first-order valence-corrected chi connectivity index (χ1v) is 7.12. The van der Waals surface area contributed by atoms with Crippen molar-refractivity contribution in [2.75, 3.05) is 0 Å². The number of hydrogen-bond donors (Lipinski definition) is 1. The third kappa shape index (κ3) is 4.29. The molecule has 0 bridgehead atoms. The highest BCUT2D eigenvalue weighted by Gasteiger charge is 2.19. The van der Waals surface area contributed by atoms with Gasteiger partial charge in [-0.2, -0.15) is 0 Å². The number of rotatable bonds is 6. The van der Waals surface area contributed by atoms with E-state index in [2.05, 4.69) is 15.5 Å². The molecule has 2 rings (SSSR count). The molecule has 6 nitrogen and oxygen atoms in total. The molecule has 0 aliphatic heterocycles. The fourth-order valence-corrected chi connectivity index (χ4v) is 2.82. The molecule has 1 fully saturated rings. The van der Waals surface area contributed by atoms with Crippen LogP contribution in [0.1, 0.15) is 51.3 Å². The molecule has 1 saturated carbocycles. The van der Waals surface area contributed by atoms with Crippen molar-refractivity contribution in [1.82, 2.24) is 20.2 Å². The second-order valence-corrected chi connectivity index (χ2v) is 5.69. The number of aliphatic carboxylic acids is 1. The molecule has 1 aromatic heterocycles. The first kappa shape index (κ1) is 14.0. The van der Waals surface area contributed by atoms with Gasteiger partial charge in [0, 0.05) is 19.4 Å². The van der Waals surface area contributed by atoms with Crippen LogP contribution in [0.5, 0.6) is 0 Å². The van der Waals surface area contributed by atoms with Gasteiger partial charge < -0.3 is 5.11 Å². The Hall–Kier alpha value is -1.46. The van der Waals surface area contributed by atoms with Crippen molar-refractivity contribution < 1.29 is 9.90 Å². The first-order chi connectivity index (χ1) is 9.15. The lowest BCUT2D eigenvalue weighted by Gasteiger charge is -2.21. The van der Waals surface area contributed by atoms with Crippen molar-refractivity contribution >= 4 is 5.97 Å². The smallest absolute Gasteiger partial charge is 0.303 e. The summed E-state index contributed by atoms with van der Waals surface area (Å²) in [6, 6.07) is 0. The molecule has 1 unspecified atom stereocenters. The van der Waals surface area contributed by atoms with Crippen molar-refractivity contribution in [3.63, 3.8) is 0 Å². The molecular weight excluding hydrogens is 244 g/mol. The molecule has 1 heterocycles. The van der Waals surface area contributed by atoms with Crippen molar-refractivity contribution in [2.45, 2.75) is 58.4 Å². The van der Waals surface area contributed by atoms with Crippen LogP contribution in [0.2, 0.25) is 0 Å². The number of nitrogens with zero attached hydrogens (tertiary/aromatic N) is 4. The highest BCUT2D eigenvalue weighted by atomic mass is 16.4. The normalized spacial score (nSPS) is 18.4. The van der Waals surface area contributed by atoms with E-state index in [1.165, 1.54) is 32.1 Å². The third-order valence-corrected chi connectivity index (χ3v) is 3.81. The molecule has 0 radical (unpaired) electrons. The van der Waals surface area contributed by atoms with E-state index in [0.29, 0.717) is 12.5 Å². The number of carboxylic acids is 1. The molecule has 6 heteroatoms. The number of hydrogen-bond acceptors (Lipinski definition) is 4. The molecule has 19 heavy (non-hydrogen) atoms. The Bertz CT molecular complexity index is 413. The summed E-state index contributed by atoms with van der Waals surface area (Å²) in [5, 5.41) is 20.6. The van der Waals surface area contributed by atoms with Gasteiger partial charge in [-0.3, -0.25) is 4.79 Å². The van der Waals surface area contributed by atoms with Crippen molar-refractivity contribution in [2.24, 2.45) is 11.8 Å². The Labute approximate surface area is 113 Å². The number of carboxylic acid groups (broad SMARTS) is 1. The average Bonchev–Trinajstić information content (AvgIpc) is 2.77. The number of carbonyl (C=O) groups is 1. The Morgan fingerprint density at radius 3 is 2.84 bits per heavy atom. The van der Waals surface area contributed by atoms with Gasteiger partial charge in [-0.15, -0.1) is 5.10 Å². The number of tetrazole rings is 1. The highest BCUT2D eigenvalue weighted by molar-refractivity contribution is 5.66. The Balaban J connectivity index is 1.91. The monoisotopic (exact) mass is 266 g/mol. The van der Waals surface area contributed by atoms with Crippen LogP contribution in [0.15, 0.2) is 0 Å². The summed E-state index contributed by atoms with van der Waals surface area (Å²) in [5.74, 6) is 0.873. The Kier molecular flexibility index (Phi) is 4.87. The van der Waals surface area contributed by atoms with E-state index >= 15 is 0 Å². The van der Waals surface area contributed by atoms with Gasteiger partial charge in [0.05, 0.1) is 0 Å². The zero-order chi connectivity index (χ0) is 13.7. The molecule has 1 aromatic rings. The van der Waals surface area contributed by atoms with E-state index in [1.54, 1.807) is 4.68 Å². The Morgan fingerprint density at radius 1 is 1.42 bits per heavy atom. The summed E-state index contributed by atoms with van der Waals surface area (Å²) < 4.78 is 1.78. The van der Waals surface area contributed by atoms with Gasteiger partial charge in [0.25, 0.3) is 0 Å². The zero-order valence-corrected chi connectivity index (χ0v) is 11.5. The summed E-state index contributed by atoms with van der Waals surface area (Å²) in [5.41, 5.74) is 0. The molecule has 0 spiro atoms. The van der Waals surface area contributed by atoms with Crippen LogP contribution < -0.4 is 0 Å². The van der Waals surface area contributed by atoms with Gasteiger partial charge in [0.15, 0.2) is 5.82 Å². The molecular formula is C13H22N4O2. The van der Waals surface area contributed by atoms with Crippen LogP contribution in [-0.4, -0.2) is 31.3 Å². The van der Waals surface area contributed by atoms with E-state index < -0.39 is 5.97 Å². The minimum atomic E-state index is -0.769. The lowest BCUT2D eigenvalue weighted by Crippen LogP contribution is -2.18. The Morgan fingerprint density at radius 2 is 2.16 bits per heavy atom. The average molecular weight is 266 g/mol. The van der Waals surface area contributed by atoms with Crippen LogP contribution in [0, 0.1) is 11.8 Å². The van der Waals surface area contributed by atoms with E-state index in [0.717, 1.165) is 12.2 Å². The summed E-state index contributed by atoms with van der Waals surface area (Å²) in [7, 11) is 0. The zero-order valence-electron chi connectivity index (χ0n) is 11.5. The van der Waals surface area contributed by atoms with Gasteiger partial charge in [-0.05, 0) is 22.3 Å². The minimum Gasteiger partial charge on any atom is -0.481 e. The number of aromatic nitrogens is 4. The third-order valence-electron chi connectivity index (χ3n) is 3.81. The van der Waals surface area contributed by atoms with E-state index in [-0.39, 0.29) is 12.3 Å². The molecule has 1 aliphatic rings. The fourth-order valence-electron chi connectivity index (χ4n) is 2.82. The van der Waals surface area contributed by atoms with Crippen molar-refractivity contribution in [3.8, 4) is 0 Å². The summed E-state index contributed by atoms with van der Waals surface area (Å²) in [4.78, 5) is 10.7. The van der Waals surface area contributed by atoms with Crippen LogP contribution >= 0.6 is 0 Å². The predicted molar refractivity (Wildman–Crippen MR) is 69.5 cm³/mol. The summed E-state index contributed by atoms with van der Waals surface area (Å²) >= 11 is 0.